The van der Waals surface area contributed by atoms with Gasteiger partial charge in [0, 0.05) is 6.08 Å². The molecule has 0 aliphatic rings. The quantitative estimate of drug-likeness (QED) is 0.487. The Labute approximate surface area is 96.7 Å². The molecule has 0 saturated heterocycles. The van der Waals surface area contributed by atoms with Gasteiger partial charge in [-0.25, -0.2) is 4.79 Å². The van der Waals surface area contributed by atoms with Crippen molar-refractivity contribution in [2.45, 2.75) is 6.92 Å². The third kappa shape index (κ3) is 10.0. The molecule has 1 radical (unpaired) electrons. The molecule has 5 heteroatoms. The molecule has 0 N–H and O–H groups in total. The summed E-state index contributed by atoms with van der Waals surface area (Å²) >= 11 is 0. The van der Waals surface area contributed by atoms with Crippen molar-refractivity contribution < 1.29 is 59.8 Å². The number of aliphatic carboxylic acids is 1. The Hall–Kier alpha value is 0.0177. The zero-order valence-electron chi connectivity index (χ0n) is 5.90. The molecule has 0 aliphatic carbocycles. The zero-order chi connectivity index (χ0) is 7.98. The van der Waals surface area contributed by atoms with Crippen LogP contribution >= 0.6 is 0 Å². The maximum atomic E-state index is 10.3. The number of ether oxygens (including phenoxy) is 1. The van der Waals surface area contributed by atoms with Crippen LogP contribution in [0.15, 0.2) is 12.2 Å². The molecule has 61 valence electrons. The molecule has 0 bridgehead atoms. The van der Waals surface area contributed by atoms with Crippen LogP contribution in [0.25, 0.3) is 0 Å². The van der Waals surface area contributed by atoms with Gasteiger partial charge >= 0.3 is 46.4 Å². The van der Waals surface area contributed by atoms with E-state index in [1.165, 1.54) is 0 Å². The molecule has 0 amide bonds. The van der Waals surface area contributed by atoms with E-state index in [1.807, 2.05) is 0 Å². The van der Waals surface area contributed by atoms with Gasteiger partial charge in [0.2, 0.25) is 0 Å². The molecule has 0 aliphatic heterocycles. The van der Waals surface area contributed by atoms with Crippen molar-refractivity contribution >= 4 is 11.9 Å². The van der Waals surface area contributed by atoms with Crippen LogP contribution in [-0.2, 0) is 14.3 Å². The van der Waals surface area contributed by atoms with Gasteiger partial charge in [0.25, 0.3) is 0 Å². The van der Waals surface area contributed by atoms with Crippen LogP contribution in [0.2, 0.25) is 0 Å². The minimum absolute atomic E-state index is 0. The van der Waals surface area contributed by atoms with E-state index in [1.54, 1.807) is 6.92 Å². The summed E-state index contributed by atoms with van der Waals surface area (Å²) in [5, 5.41) is 9.70. The Morgan fingerprint density at radius 3 is 2.36 bits per heavy atom. The van der Waals surface area contributed by atoms with Crippen molar-refractivity contribution in [3.8, 4) is 0 Å². The molecular weight excluding hydrogens is 286 g/mol. The van der Waals surface area contributed by atoms with Gasteiger partial charge in [-0.1, -0.05) is 0 Å². The van der Waals surface area contributed by atoms with E-state index in [0.29, 0.717) is 6.08 Å². The second kappa shape index (κ2) is 8.12. The monoisotopic (exact) mass is 295 g/mol. The van der Waals surface area contributed by atoms with Gasteiger partial charge in [-0.3, -0.25) is 0 Å². The number of carbonyl (C=O) groups is 2. The summed E-state index contributed by atoms with van der Waals surface area (Å²) in [7, 11) is 0. The van der Waals surface area contributed by atoms with Crippen molar-refractivity contribution in [2.75, 3.05) is 6.61 Å². The van der Waals surface area contributed by atoms with E-state index in [2.05, 4.69) is 4.74 Å². The number of carboxylic acid groups (broad SMARTS) is 1. The molecule has 0 spiro atoms. The molecule has 0 heterocycles. The summed E-state index contributed by atoms with van der Waals surface area (Å²) in [6.07, 6.45) is 1.43. The molecular formula is C6H7O4Sm. The van der Waals surface area contributed by atoms with Crippen molar-refractivity contribution in [1.29, 1.82) is 0 Å². The number of hydrogen-bond donors (Lipinski definition) is 0. The summed E-state index contributed by atoms with van der Waals surface area (Å²) in [6.45, 7) is 1.86. The SMILES string of the molecule is CCOC(=O)/C=C\C(=O)[O-].[Sm+]. The third-order valence-corrected chi connectivity index (χ3v) is 0.642. The number of carboxylic acids is 1. The van der Waals surface area contributed by atoms with Gasteiger partial charge in [-0.2, -0.15) is 0 Å². The first kappa shape index (κ1) is 13.6. The van der Waals surface area contributed by atoms with Crippen LogP contribution in [0, 0.1) is 40.4 Å². The van der Waals surface area contributed by atoms with Crippen LogP contribution in [0.3, 0.4) is 0 Å². The minimum Gasteiger partial charge on any atom is -0.545 e. The first-order chi connectivity index (χ1) is 4.66. The molecule has 0 unspecified atom stereocenters. The second-order valence-electron chi connectivity index (χ2n) is 1.40. The standard InChI is InChI=1S/C6H8O4.Sm/c1-2-10-6(9)4-3-5(7)8;/h3-4H,2H2,1H3,(H,7,8);/q;+1/p-1/b4-3-;. The first-order valence-corrected chi connectivity index (χ1v) is 2.72. The smallest absolute Gasteiger partial charge is 0.545 e. The number of rotatable bonds is 3. The maximum absolute atomic E-state index is 10.3. The van der Waals surface area contributed by atoms with Gasteiger partial charge in [0.1, 0.15) is 0 Å². The molecule has 0 rings (SSSR count). The fourth-order valence-corrected chi connectivity index (χ4v) is 0.326. The van der Waals surface area contributed by atoms with Crippen LogP contribution in [0.1, 0.15) is 6.92 Å². The van der Waals surface area contributed by atoms with E-state index in [0.717, 1.165) is 6.08 Å². The molecule has 0 fully saturated rings. The molecule has 0 saturated carbocycles. The summed E-state index contributed by atoms with van der Waals surface area (Å²) in [5.74, 6) is -2.08. The van der Waals surface area contributed by atoms with Crippen molar-refractivity contribution in [2.24, 2.45) is 0 Å². The number of carbonyl (C=O) groups excluding carboxylic acids is 2. The van der Waals surface area contributed by atoms with E-state index in [9.17, 15) is 14.7 Å². The largest absolute Gasteiger partial charge is 1.00 e. The summed E-state index contributed by atoms with van der Waals surface area (Å²) in [6, 6.07) is 0. The van der Waals surface area contributed by atoms with Crippen molar-refractivity contribution in [1.82, 2.24) is 0 Å². The Morgan fingerprint density at radius 1 is 1.45 bits per heavy atom. The van der Waals surface area contributed by atoms with Gasteiger partial charge in [-0.15, -0.1) is 0 Å². The molecule has 0 aromatic heterocycles. The third-order valence-electron chi connectivity index (χ3n) is 0.642. The molecule has 0 aromatic carbocycles. The van der Waals surface area contributed by atoms with Gasteiger partial charge < -0.3 is 14.6 Å². The normalized spacial score (nSPS) is 8.82. The molecule has 11 heavy (non-hydrogen) atoms. The summed E-state index contributed by atoms with van der Waals surface area (Å²) in [5.41, 5.74) is 0. The summed E-state index contributed by atoms with van der Waals surface area (Å²) in [4.78, 5) is 20.0. The fraction of sp³-hybridized carbons (Fsp3) is 0.333. The van der Waals surface area contributed by atoms with E-state index < -0.39 is 11.9 Å². The van der Waals surface area contributed by atoms with Gasteiger partial charge in [-0.05, 0) is 13.0 Å². The fourth-order valence-electron chi connectivity index (χ4n) is 0.326. The summed E-state index contributed by atoms with van der Waals surface area (Å²) < 4.78 is 4.38. The predicted molar refractivity (Wildman–Crippen MR) is 30.8 cm³/mol. The van der Waals surface area contributed by atoms with Gasteiger partial charge in [0.05, 0.1) is 12.6 Å². The molecule has 0 aromatic rings. The van der Waals surface area contributed by atoms with E-state index in [-0.39, 0.29) is 47.0 Å². The van der Waals surface area contributed by atoms with Gasteiger partial charge in [0.15, 0.2) is 0 Å². The van der Waals surface area contributed by atoms with E-state index in [4.69, 9.17) is 0 Å². The Morgan fingerprint density at radius 2 is 2.00 bits per heavy atom. The van der Waals surface area contributed by atoms with Crippen molar-refractivity contribution in [3.63, 3.8) is 0 Å². The number of esters is 1. The predicted octanol–water partition coefficient (Wildman–Crippen LogP) is -1.14. The minimum atomic E-state index is -1.41. The number of hydrogen-bond acceptors (Lipinski definition) is 4. The maximum Gasteiger partial charge on any atom is 1.00 e. The second-order valence-corrected chi connectivity index (χ2v) is 1.40. The Bertz CT molecular complexity index is 164. The Kier molecular flexibility index (Phi) is 10.0. The van der Waals surface area contributed by atoms with Crippen LogP contribution in [0.5, 0.6) is 0 Å². The Balaban J connectivity index is 0. The topological polar surface area (TPSA) is 66.4 Å². The average molecular weight is 293 g/mol. The van der Waals surface area contributed by atoms with Crippen LogP contribution in [-0.4, -0.2) is 18.5 Å². The average Bonchev–Trinajstić information content (AvgIpc) is 1.85. The van der Waals surface area contributed by atoms with Crippen LogP contribution in [0.4, 0.5) is 0 Å². The molecule has 4 nitrogen and oxygen atoms in total. The first-order valence-electron chi connectivity index (χ1n) is 2.72. The van der Waals surface area contributed by atoms with Crippen molar-refractivity contribution in [3.05, 3.63) is 12.2 Å². The van der Waals surface area contributed by atoms with Crippen LogP contribution < -0.4 is 5.11 Å². The van der Waals surface area contributed by atoms with E-state index >= 15 is 0 Å². The molecule has 0 atom stereocenters. The zero-order valence-corrected chi connectivity index (χ0v) is 8.52.